The van der Waals surface area contributed by atoms with Crippen molar-refractivity contribution in [3.05, 3.63) is 59.7 Å². The zero-order valence-corrected chi connectivity index (χ0v) is 16.9. The highest BCUT2D eigenvalue weighted by Crippen LogP contribution is 2.34. The van der Waals surface area contributed by atoms with Gasteiger partial charge in [-0.1, -0.05) is 36.4 Å². The van der Waals surface area contributed by atoms with E-state index in [1.165, 1.54) is 5.56 Å². The van der Waals surface area contributed by atoms with Crippen LogP contribution >= 0.6 is 0 Å². The van der Waals surface area contributed by atoms with Gasteiger partial charge in [0.2, 0.25) is 6.79 Å². The first-order valence-electron chi connectivity index (χ1n) is 10.4. The van der Waals surface area contributed by atoms with Crippen LogP contribution in [0.3, 0.4) is 0 Å². The molecular weight excluding hydrogens is 366 g/mol. The molecule has 0 bridgehead atoms. The number of carbonyl (C=O) groups excluding carboxylic acids is 1. The van der Waals surface area contributed by atoms with Gasteiger partial charge < -0.3 is 20.1 Å². The molecule has 1 fully saturated rings. The van der Waals surface area contributed by atoms with Crippen molar-refractivity contribution in [2.75, 3.05) is 26.4 Å². The SMILES string of the molecule is CC(NC(=O)NCC1CCN(Cc2ccccc2)CC1)c1ccc2c(c1)OCO2. The number of ether oxygens (including phenoxy) is 2. The predicted molar refractivity (Wildman–Crippen MR) is 112 cm³/mol. The Morgan fingerprint density at radius 2 is 1.86 bits per heavy atom. The molecule has 2 N–H and O–H groups in total. The molecule has 0 spiro atoms. The molecule has 2 aromatic rings. The summed E-state index contributed by atoms with van der Waals surface area (Å²) in [6, 6.07) is 16.1. The molecule has 2 heterocycles. The van der Waals surface area contributed by atoms with Crippen molar-refractivity contribution < 1.29 is 14.3 Å². The Morgan fingerprint density at radius 1 is 1.10 bits per heavy atom. The third-order valence-corrected chi connectivity index (χ3v) is 5.75. The molecule has 0 saturated carbocycles. The molecule has 0 radical (unpaired) electrons. The number of nitrogens with one attached hydrogen (secondary N) is 2. The van der Waals surface area contributed by atoms with E-state index in [0.717, 1.165) is 56.1 Å². The minimum atomic E-state index is -0.123. The maximum absolute atomic E-state index is 12.3. The Balaban J connectivity index is 1.17. The molecule has 6 heteroatoms. The zero-order valence-electron chi connectivity index (χ0n) is 16.9. The molecular formula is C23H29N3O3. The summed E-state index contributed by atoms with van der Waals surface area (Å²) in [7, 11) is 0. The predicted octanol–water partition coefficient (Wildman–Crippen LogP) is 3.69. The van der Waals surface area contributed by atoms with Gasteiger partial charge in [-0.15, -0.1) is 0 Å². The van der Waals surface area contributed by atoms with Gasteiger partial charge in [-0.05, 0) is 62.0 Å². The van der Waals surface area contributed by atoms with E-state index in [-0.39, 0.29) is 18.9 Å². The molecule has 1 saturated heterocycles. The van der Waals surface area contributed by atoms with E-state index < -0.39 is 0 Å². The summed E-state index contributed by atoms with van der Waals surface area (Å²) >= 11 is 0. The highest BCUT2D eigenvalue weighted by Gasteiger charge is 2.21. The van der Waals surface area contributed by atoms with Crippen molar-refractivity contribution in [2.45, 2.75) is 32.4 Å². The Kier molecular flexibility index (Phi) is 6.20. The fraction of sp³-hybridized carbons (Fsp3) is 0.435. The second-order valence-corrected chi connectivity index (χ2v) is 7.89. The van der Waals surface area contributed by atoms with Gasteiger partial charge >= 0.3 is 6.03 Å². The van der Waals surface area contributed by atoms with Crippen molar-refractivity contribution in [2.24, 2.45) is 5.92 Å². The van der Waals surface area contributed by atoms with Crippen LogP contribution in [0.1, 0.15) is 36.9 Å². The summed E-state index contributed by atoms with van der Waals surface area (Å²) in [6.07, 6.45) is 2.23. The van der Waals surface area contributed by atoms with Crippen LogP contribution in [0.4, 0.5) is 4.79 Å². The van der Waals surface area contributed by atoms with Gasteiger partial charge in [0.25, 0.3) is 0 Å². The van der Waals surface area contributed by atoms with Crippen LogP contribution in [0.15, 0.2) is 48.5 Å². The summed E-state index contributed by atoms with van der Waals surface area (Å²) in [5, 5.41) is 6.06. The summed E-state index contributed by atoms with van der Waals surface area (Å²) in [5.41, 5.74) is 2.36. The lowest BCUT2D eigenvalue weighted by Gasteiger charge is -2.32. The van der Waals surface area contributed by atoms with E-state index in [1.54, 1.807) is 0 Å². The first-order valence-corrected chi connectivity index (χ1v) is 10.4. The van der Waals surface area contributed by atoms with Crippen LogP contribution in [0, 0.1) is 5.92 Å². The monoisotopic (exact) mass is 395 g/mol. The Bertz CT molecular complexity index is 819. The van der Waals surface area contributed by atoms with E-state index in [2.05, 4.69) is 45.9 Å². The molecule has 6 nitrogen and oxygen atoms in total. The number of benzene rings is 2. The number of nitrogens with zero attached hydrogens (tertiary/aromatic N) is 1. The van der Waals surface area contributed by atoms with E-state index in [1.807, 2.05) is 25.1 Å². The quantitative estimate of drug-likeness (QED) is 0.783. The first kappa shape index (κ1) is 19.6. The Hall–Kier alpha value is -2.73. The van der Waals surface area contributed by atoms with E-state index in [0.29, 0.717) is 5.92 Å². The van der Waals surface area contributed by atoms with Crippen LogP contribution < -0.4 is 20.1 Å². The molecule has 29 heavy (non-hydrogen) atoms. The number of hydrogen-bond donors (Lipinski definition) is 2. The maximum atomic E-state index is 12.3. The summed E-state index contributed by atoms with van der Waals surface area (Å²) in [6.45, 7) is 6.12. The van der Waals surface area contributed by atoms with Crippen molar-refractivity contribution in [3.8, 4) is 11.5 Å². The molecule has 2 amide bonds. The lowest BCUT2D eigenvalue weighted by Crippen LogP contribution is -2.42. The van der Waals surface area contributed by atoms with E-state index >= 15 is 0 Å². The molecule has 2 aliphatic rings. The average Bonchev–Trinajstić information content (AvgIpc) is 3.22. The minimum absolute atomic E-state index is 0.0998. The van der Waals surface area contributed by atoms with Crippen LogP contribution in [0.25, 0.3) is 0 Å². The normalized spacial score (nSPS) is 17.7. The van der Waals surface area contributed by atoms with Crippen molar-refractivity contribution >= 4 is 6.03 Å². The van der Waals surface area contributed by atoms with Crippen molar-refractivity contribution in [1.82, 2.24) is 15.5 Å². The van der Waals surface area contributed by atoms with Crippen LogP contribution in [-0.4, -0.2) is 37.4 Å². The highest BCUT2D eigenvalue weighted by atomic mass is 16.7. The van der Waals surface area contributed by atoms with Gasteiger partial charge in [0.05, 0.1) is 6.04 Å². The lowest BCUT2D eigenvalue weighted by molar-refractivity contribution is 0.173. The molecule has 0 aliphatic carbocycles. The number of piperidine rings is 1. The number of hydrogen-bond acceptors (Lipinski definition) is 4. The number of carbonyl (C=O) groups is 1. The molecule has 0 aromatic heterocycles. The molecule has 4 rings (SSSR count). The third kappa shape index (κ3) is 5.21. The smallest absolute Gasteiger partial charge is 0.315 e. The molecule has 2 aliphatic heterocycles. The van der Waals surface area contributed by atoms with E-state index in [9.17, 15) is 4.79 Å². The number of fused-ring (bicyclic) bond motifs is 1. The van der Waals surface area contributed by atoms with Gasteiger partial charge in [-0.2, -0.15) is 0 Å². The number of likely N-dealkylation sites (tertiary alicyclic amines) is 1. The van der Waals surface area contributed by atoms with Crippen molar-refractivity contribution in [3.63, 3.8) is 0 Å². The lowest BCUT2D eigenvalue weighted by atomic mass is 9.96. The zero-order chi connectivity index (χ0) is 20.1. The van der Waals surface area contributed by atoms with Gasteiger partial charge in [-0.3, -0.25) is 4.90 Å². The van der Waals surface area contributed by atoms with Gasteiger partial charge in [0.1, 0.15) is 0 Å². The Morgan fingerprint density at radius 3 is 2.66 bits per heavy atom. The van der Waals surface area contributed by atoms with Gasteiger partial charge in [0, 0.05) is 13.1 Å². The number of amides is 2. The second kappa shape index (κ2) is 9.18. The molecule has 1 unspecified atom stereocenters. The number of rotatable bonds is 6. The van der Waals surface area contributed by atoms with Gasteiger partial charge in [0.15, 0.2) is 11.5 Å². The Labute approximate surface area is 172 Å². The number of urea groups is 1. The van der Waals surface area contributed by atoms with Crippen LogP contribution in [0.5, 0.6) is 11.5 Å². The molecule has 154 valence electrons. The molecule has 1 atom stereocenters. The van der Waals surface area contributed by atoms with E-state index in [4.69, 9.17) is 9.47 Å². The third-order valence-electron chi connectivity index (χ3n) is 5.75. The molecule has 2 aromatic carbocycles. The van der Waals surface area contributed by atoms with Crippen LogP contribution in [-0.2, 0) is 6.54 Å². The minimum Gasteiger partial charge on any atom is -0.454 e. The summed E-state index contributed by atoms with van der Waals surface area (Å²) in [5.74, 6) is 2.02. The summed E-state index contributed by atoms with van der Waals surface area (Å²) < 4.78 is 10.7. The first-order chi connectivity index (χ1) is 14.2. The summed E-state index contributed by atoms with van der Waals surface area (Å²) in [4.78, 5) is 14.8. The fourth-order valence-corrected chi connectivity index (χ4v) is 3.94. The van der Waals surface area contributed by atoms with Crippen molar-refractivity contribution in [1.29, 1.82) is 0 Å². The second-order valence-electron chi connectivity index (χ2n) is 7.89. The standard InChI is InChI=1S/C23H29N3O3/c1-17(20-7-8-21-22(13-20)29-16-28-21)25-23(27)24-14-18-9-11-26(12-10-18)15-19-5-3-2-4-6-19/h2-8,13,17-18H,9-12,14-16H2,1H3,(H2,24,25,27). The topological polar surface area (TPSA) is 62.8 Å². The average molecular weight is 396 g/mol. The largest absolute Gasteiger partial charge is 0.454 e. The maximum Gasteiger partial charge on any atom is 0.315 e. The van der Waals surface area contributed by atoms with Crippen LogP contribution in [0.2, 0.25) is 0 Å². The van der Waals surface area contributed by atoms with Gasteiger partial charge in [-0.25, -0.2) is 4.79 Å². The fourth-order valence-electron chi connectivity index (χ4n) is 3.94. The highest BCUT2D eigenvalue weighted by molar-refractivity contribution is 5.74.